The monoisotopic (exact) mass is 318 g/mol. The molecule has 0 aliphatic heterocycles. The summed E-state index contributed by atoms with van der Waals surface area (Å²) in [5, 5.41) is 27.9. The third kappa shape index (κ3) is 2.29. The van der Waals surface area contributed by atoms with Crippen molar-refractivity contribution in [2.45, 2.75) is 6.67 Å². The molecule has 0 saturated carbocycles. The zero-order valence-corrected chi connectivity index (χ0v) is 9.96. The highest BCUT2D eigenvalue weighted by Gasteiger charge is 2.21. The van der Waals surface area contributed by atoms with Crippen LogP contribution in [0.1, 0.15) is 0 Å². The van der Waals surface area contributed by atoms with Crippen molar-refractivity contribution >= 4 is 27.8 Å². The molecule has 18 heavy (non-hydrogen) atoms. The van der Waals surface area contributed by atoms with Crippen LogP contribution in [0.2, 0.25) is 0 Å². The van der Waals surface area contributed by atoms with Crippen LogP contribution in [0.15, 0.2) is 11.1 Å². The van der Waals surface area contributed by atoms with Gasteiger partial charge in [0.2, 0.25) is 6.33 Å². The zero-order chi connectivity index (χ0) is 13.3. The Hall–Kier alpha value is -2.44. The van der Waals surface area contributed by atoms with Gasteiger partial charge in [0.15, 0.2) is 6.67 Å². The molecule has 12 nitrogen and oxygen atoms in total. The van der Waals surface area contributed by atoms with E-state index < -0.39 is 21.7 Å². The largest absolute Gasteiger partial charge is 0.492 e. The molecular weight excluding hydrogens is 316 g/mol. The Morgan fingerprint density at radius 2 is 1.89 bits per heavy atom. The molecule has 0 aliphatic carbocycles. The number of rotatable bonds is 4. The third-order valence-corrected chi connectivity index (χ3v) is 2.33. The van der Waals surface area contributed by atoms with Gasteiger partial charge in [0.25, 0.3) is 4.73 Å². The summed E-state index contributed by atoms with van der Waals surface area (Å²) >= 11 is 2.97. The van der Waals surface area contributed by atoms with E-state index in [1.54, 1.807) is 0 Å². The van der Waals surface area contributed by atoms with E-state index >= 15 is 0 Å². The van der Waals surface area contributed by atoms with Crippen LogP contribution in [0.5, 0.6) is 0 Å². The average Bonchev–Trinajstić information content (AvgIpc) is 2.87. The summed E-state index contributed by atoms with van der Waals surface area (Å²) in [7, 11) is 0. The molecule has 0 unspecified atom stereocenters. The van der Waals surface area contributed by atoms with Crippen molar-refractivity contribution in [1.29, 1.82) is 0 Å². The topological polar surface area (TPSA) is 148 Å². The molecule has 0 spiro atoms. The maximum Gasteiger partial charge on any atom is 0.492 e. The van der Waals surface area contributed by atoms with Crippen LogP contribution < -0.4 is 0 Å². The molecule has 0 amide bonds. The molecule has 0 fully saturated rings. The minimum absolute atomic E-state index is 0.0950. The van der Waals surface area contributed by atoms with Crippen molar-refractivity contribution in [2.75, 3.05) is 0 Å². The second kappa shape index (κ2) is 4.44. The van der Waals surface area contributed by atoms with Gasteiger partial charge < -0.3 is 20.2 Å². The fourth-order valence-electron chi connectivity index (χ4n) is 1.05. The predicted molar refractivity (Wildman–Crippen MR) is 56.5 cm³/mol. The van der Waals surface area contributed by atoms with Gasteiger partial charge in [-0.15, -0.1) is 9.36 Å². The first-order valence-corrected chi connectivity index (χ1v) is 5.05. The Balaban J connectivity index is 2.22. The molecule has 0 bridgehead atoms. The van der Waals surface area contributed by atoms with Crippen LogP contribution in [-0.4, -0.2) is 39.4 Å². The molecular formula is C5H3BrN8O4. The molecule has 13 heteroatoms. The van der Waals surface area contributed by atoms with E-state index in [2.05, 4.69) is 36.1 Å². The summed E-state index contributed by atoms with van der Waals surface area (Å²) in [6.07, 6.45) is 1.11. The predicted octanol–water partition coefficient (Wildman–Crippen LogP) is -0.0457. The number of aromatic nitrogens is 6. The summed E-state index contributed by atoms with van der Waals surface area (Å²) < 4.78 is 2.31. The summed E-state index contributed by atoms with van der Waals surface area (Å²) in [5.41, 5.74) is 0. The quantitative estimate of drug-likeness (QED) is 0.562. The van der Waals surface area contributed by atoms with Crippen molar-refractivity contribution in [2.24, 2.45) is 0 Å². The van der Waals surface area contributed by atoms with Crippen molar-refractivity contribution in [3.8, 4) is 0 Å². The average molecular weight is 319 g/mol. The number of hydrogen-bond acceptors (Lipinski definition) is 8. The van der Waals surface area contributed by atoms with Crippen LogP contribution in [0.25, 0.3) is 0 Å². The molecule has 2 aromatic rings. The second-order valence-electron chi connectivity index (χ2n) is 2.92. The van der Waals surface area contributed by atoms with Gasteiger partial charge in [0, 0.05) is 26.1 Å². The number of hydrogen-bond donors (Lipinski definition) is 0. The first-order chi connectivity index (χ1) is 8.47. The van der Waals surface area contributed by atoms with Gasteiger partial charge in [-0.25, -0.2) is 0 Å². The van der Waals surface area contributed by atoms with Gasteiger partial charge in [-0.1, -0.05) is 4.98 Å². The van der Waals surface area contributed by atoms with Crippen LogP contribution in [0.3, 0.4) is 0 Å². The van der Waals surface area contributed by atoms with Gasteiger partial charge in [-0.3, -0.25) is 0 Å². The molecule has 2 aromatic heterocycles. The fraction of sp³-hybridized carbons (Fsp3) is 0.200. The number of nitro groups is 2. The first-order valence-electron chi connectivity index (χ1n) is 4.26. The molecule has 0 aliphatic rings. The first kappa shape index (κ1) is 12.0. The van der Waals surface area contributed by atoms with E-state index in [1.165, 1.54) is 0 Å². The van der Waals surface area contributed by atoms with E-state index in [0.29, 0.717) is 0 Å². The Bertz CT molecular complexity index is 619. The van der Waals surface area contributed by atoms with E-state index in [-0.39, 0.29) is 11.4 Å². The summed E-state index contributed by atoms with van der Waals surface area (Å²) in [6.45, 7) is -0.0950. The van der Waals surface area contributed by atoms with E-state index in [9.17, 15) is 20.2 Å². The van der Waals surface area contributed by atoms with E-state index in [1.807, 2.05) is 0 Å². The lowest BCUT2D eigenvalue weighted by molar-refractivity contribution is -0.394. The van der Waals surface area contributed by atoms with Gasteiger partial charge >= 0.3 is 11.9 Å². The second-order valence-corrected chi connectivity index (χ2v) is 3.63. The SMILES string of the molecule is O=[N+]([O-])c1ncn(Cn2nc([N+](=O)[O-])nc2Br)n1. The molecule has 0 radical (unpaired) electrons. The van der Waals surface area contributed by atoms with Gasteiger partial charge in [-0.2, -0.15) is 0 Å². The normalized spacial score (nSPS) is 10.5. The van der Waals surface area contributed by atoms with Crippen LogP contribution >= 0.6 is 15.9 Å². The maximum atomic E-state index is 10.4. The molecule has 2 heterocycles. The van der Waals surface area contributed by atoms with Gasteiger partial charge in [-0.05, 0) is 14.8 Å². The number of halogens is 1. The Morgan fingerprint density at radius 3 is 2.39 bits per heavy atom. The van der Waals surface area contributed by atoms with Gasteiger partial charge in [0.1, 0.15) is 0 Å². The van der Waals surface area contributed by atoms with E-state index in [0.717, 1.165) is 15.7 Å². The smallest absolute Gasteiger partial charge is 0.390 e. The van der Waals surface area contributed by atoms with Gasteiger partial charge in [0.05, 0.1) is 0 Å². The summed E-state index contributed by atoms with van der Waals surface area (Å²) in [4.78, 5) is 26.2. The molecule has 94 valence electrons. The molecule has 0 N–H and O–H groups in total. The highest BCUT2D eigenvalue weighted by atomic mass is 79.9. The Kier molecular flexibility index (Phi) is 2.97. The van der Waals surface area contributed by atoms with E-state index in [4.69, 9.17) is 0 Å². The minimum atomic E-state index is -0.759. The maximum absolute atomic E-state index is 10.4. The zero-order valence-electron chi connectivity index (χ0n) is 8.37. The van der Waals surface area contributed by atoms with Crippen LogP contribution in [0, 0.1) is 20.2 Å². The van der Waals surface area contributed by atoms with Crippen LogP contribution in [0.4, 0.5) is 11.9 Å². The lowest BCUT2D eigenvalue weighted by Crippen LogP contribution is -2.11. The standard InChI is InChI=1S/C5H3BrN8O4/c6-3-8-5(14(17)18)10-12(3)2-11-1-7-4(9-11)13(15)16/h1H,2H2. The summed E-state index contributed by atoms with van der Waals surface area (Å²) in [5.74, 6) is -1.16. The number of nitrogens with zero attached hydrogens (tertiary/aromatic N) is 8. The Labute approximate surface area is 106 Å². The van der Waals surface area contributed by atoms with Crippen molar-refractivity contribution in [1.82, 2.24) is 29.5 Å². The highest BCUT2D eigenvalue weighted by molar-refractivity contribution is 9.10. The van der Waals surface area contributed by atoms with Crippen LogP contribution in [-0.2, 0) is 6.67 Å². The minimum Gasteiger partial charge on any atom is -0.390 e. The highest BCUT2D eigenvalue weighted by Crippen LogP contribution is 2.12. The van der Waals surface area contributed by atoms with Crippen molar-refractivity contribution < 1.29 is 9.85 Å². The van der Waals surface area contributed by atoms with Crippen molar-refractivity contribution in [3.63, 3.8) is 0 Å². The molecule has 0 atom stereocenters. The summed E-state index contributed by atoms with van der Waals surface area (Å²) in [6, 6.07) is 0. The lowest BCUT2D eigenvalue weighted by atomic mass is 11.0. The molecule has 0 aromatic carbocycles. The third-order valence-electron chi connectivity index (χ3n) is 1.75. The molecule has 2 rings (SSSR count). The van der Waals surface area contributed by atoms with Crippen molar-refractivity contribution in [3.05, 3.63) is 31.3 Å². The fourth-order valence-corrected chi connectivity index (χ4v) is 1.40. The Morgan fingerprint density at radius 1 is 1.22 bits per heavy atom. The molecule has 0 saturated heterocycles. The lowest BCUT2D eigenvalue weighted by Gasteiger charge is -1.92.